The molecule has 114 valence electrons. The van der Waals surface area contributed by atoms with Crippen molar-refractivity contribution in [3.8, 4) is 0 Å². The van der Waals surface area contributed by atoms with Gasteiger partial charge in [0.1, 0.15) is 6.61 Å². The average Bonchev–Trinajstić information content (AvgIpc) is 2.48. The zero-order chi connectivity index (χ0) is 15.5. The molecule has 0 radical (unpaired) electrons. The van der Waals surface area contributed by atoms with E-state index in [-0.39, 0.29) is 31.8 Å². The summed E-state index contributed by atoms with van der Waals surface area (Å²) in [5, 5.41) is 10.8. The molecule has 1 aromatic rings. The van der Waals surface area contributed by atoms with Gasteiger partial charge in [0.2, 0.25) is 0 Å². The first-order valence-corrected chi connectivity index (χ1v) is 6.76. The fourth-order valence-corrected chi connectivity index (χ4v) is 1.63. The zero-order valence-electron chi connectivity index (χ0n) is 11.7. The Hall–Kier alpha value is -2.37. The van der Waals surface area contributed by atoms with Gasteiger partial charge in [-0.2, -0.15) is 0 Å². The van der Waals surface area contributed by atoms with Crippen LogP contribution >= 0.6 is 0 Å². The van der Waals surface area contributed by atoms with Crippen LogP contribution in [-0.4, -0.2) is 29.5 Å². The number of aliphatic carboxylic acids is 1. The lowest BCUT2D eigenvalue weighted by molar-refractivity contribution is -0.137. The average molecular weight is 293 g/mol. The highest BCUT2D eigenvalue weighted by Crippen LogP contribution is 2.01. The van der Waals surface area contributed by atoms with Crippen molar-refractivity contribution in [3.63, 3.8) is 0 Å². The molecule has 0 atom stereocenters. The van der Waals surface area contributed by atoms with Crippen molar-refractivity contribution in [2.75, 3.05) is 6.54 Å². The van der Waals surface area contributed by atoms with E-state index < -0.39 is 12.1 Å². The minimum Gasteiger partial charge on any atom is -0.481 e. The summed E-state index contributed by atoms with van der Waals surface area (Å²) < 4.78 is 4.96. The van der Waals surface area contributed by atoms with E-state index in [1.807, 2.05) is 30.3 Å². The molecule has 0 fully saturated rings. The predicted octanol–water partition coefficient (Wildman–Crippen LogP) is 2.13. The topological polar surface area (TPSA) is 92.7 Å². The standard InChI is InChI=1S/C15H19NO5/c17-13(8-4-5-9-14(18)19)10-16-15(20)21-11-12-6-2-1-3-7-12/h1-3,6-7H,4-5,8-11H2,(H,16,20)(H,18,19). The first-order valence-electron chi connectivity index (χ1n) is 6.76. The summed E-state index contributed by atoms with van der Waals surface area (Å²) in [6.07, 6.45) is 0.634. The molecule has 21 heavy (non-hydrogen) atoms. The van der Waals surface area contributed by atoms with Gasteiger partial charge in [-0.3, -0.25) is 9.59 Å². The van der Waals surface area contributed by atoms with Gasteiger partial charge >= 0.3 is 12.1 Å². The Bertz CT molecular complexity index is 472. The number of nitrogens with one attached hydrogen (secondary N) is 1. The number of carboxylic acid groups (broad SMARTS) is 1. The zero-order valence-corrected chi connectivity index (χ0v) is 11.7. The Morgan fingerprint density at radius 1 is 1.05 bits per heavy atom. The molecule has 1 rings (SSSR count). The predicted molar refractivity (Wildman–Crippen MR) is 75.7 cm³/mol. The highest BCUT2D eigenvalue weighted by atomic mass is 16.5. The van der Waals surface area contributed by atoms with Gasteiger partial charge in [0.05, 0.1) is 6.54 Å². The van der Waals surface area contributed by atoms with Crippen molar-refractivity contribution in [1.29, 1.82) is 0 Å². The van der Waals surface area contributed by atoms with E-state index >= 15 is 0 Å². The molecule has 0 heterocycles. The lowest BCUT2D eigenvalue weighted by Crippen LogP contribution is -2.29. The molecule has 6 nitrogen and oxygen atoms in total. The van der Waals surface area contributed by atoms with Crippen LogP contribution in [-0.2, 0) is 20.9 Å². The molecular formula is C15H19NO5. The van der Waals surface area contributed by atoms with Crippen LogP contribution in [0.4, 0.5) is 4.79 Å². The molecule has 6 heteroatoms. The fourth-order valence-electron chi connectivity index (χ4n) is 1.63. The molecule has 0 saturated carbocycles. The first-order chi connectivity index (χ1) is 10.1. The van der Waals surface area contributed by atoms with Crippen LogP contribution in [0.15, 0.2) is 30.3 Å². The number of hydrogen-bond donors (Lipinski definition) is 2. The molecule has 2 N–H and O–H groups in total. The van der Waals surface area contributed by atoms with Crippen LogP contribution in [0.2, 0.25) is 0 Å². The van der Waals surface area contributed by atoms with Gasteiger partial charge in [-0.1, -0.05) is 30.3 Å². The molecule has 0 aliphatic carbocycles. The molecule has 0 saturated heterocycles. The number of benzene rings is 1. The molecule has 0 aliphatic heterocycles. The van der Waals surface area contributed by atoms with E-state index in [0.29, 0.717) is 12.8 Å². The molecule has 0 unspecified atom stereocenters. The van der Waals surface area contributed by atoms with Crippen molar-refractivity contribution in [1.82, 2.24) is 5.32 Å². The van der Waals surface area contributed by atoms with Gasteiger partial charge in [0.25, 0.3) is 0 Å². The largest absolute Gasteiger partial charge is 0.481 e. The number of carboxylic acids is 1. The molecule has 0 spiro atoms. The summed E-state index contributed by atoms with van der Waals surface area (Å²) in [4.78, 5) is 33.1. The second-order valence-corrected chi connectivity index (χ2v) is 4.55. The number of hydrogen-bond acceptors (Lipinski definition) is 4. The van der Waals surface area contributed by atoms with Crippen molar-refractivity contribution in [2.45, 2.75) is 32.3 Å². The van der Waals surface area contributed by atoms with Crippen LogP contribution in [0, 0.1) is 0 Å². The highest BCUT2D eigenvalue weighted by Gasteiger charge is 2.07. The first kappa shape index (κ1) is 16.7. The Balaban J connectivity index is 2.09. The van der Waals surface area contributed by atoms with Crippen LogP contribution < -0.4 is 5.32 Å². The number of ether oxygens (including phenoxy) is 1. The van der Waals surface area contributed by atoms with Crippen LogP contribution in [0.1, 0.15) is 31.2 Å². The van der Waals surface area contributed by atoms with Crippen molar-refractivity contribution in [2.24, 2.45) is 0 Å². The fraction of sp³-hybridized carbons (Fsp3) is 0.400. The smallest absolute Gasteiger partial charge is 0.407 e. The summed E-state index contributed by atoms with van der Waals surface area (Å²) in [7, 11) is 0. The monoisotopic (exact) mass is 293 g/mol. The summed E-state index contributed by atoms with van der Waals surface area (Å²) >= 11 is 0. The van der Waals surface area contributed by atoms with E-state index in [1.165, 1.54) is 0 Å². The van der Waals surface area contributed by atoms with Gasteiger partial charge in [0.15, 0.2) is 5.78 Å². The van der Waals surface area contributed by atoms with Crippen LogP contribution in [0.25, 0.3) is 0 Å². The maximum atomic E-state index is 11.4. The molecular weight excluding hydrogens is 274 g/mol. The molecule has 0 bridgehead atoms. The lowest BCUT2D eigenvalue weighted by atomic mass is 10.1. The molecule has 1 amide bonds. The second-order valence-electron chi connectivity index (χ2n) is 4.55. The Labute approximate surface area is 123 Å². The van der Waals surface area contributed by atoms with E-state index in [4.69, 9.17) is 9.84 Å². The summed E-state index contributed by atoms with van der Waals surface area (Å²) in [6.45, 7) is 0.0557. The maximum Gasteiger partial charge on any atom is 0.407 e. The van der Waals surface area contributed by atoms with Gasteiger partial charge < -0.3 is 15.2 Å². The third kappa shape index (κ3) is 8.41. The van der Waals surface area contributed by atoms with Gasteiger partial charge in [-0.25, -0.2) is 4.79 Å². The van der Waals surface area contributed by atoms with Crippen LogP contribution in [0.3, 0.4) is 0 Å². The number of alkyl carbamates (subject to hydrolysis) is 1. The summed E-state index contributed by atoms with van der Waals surface area (Å²) in [6, 6.07) is 9.23. The normalized spacial score (nSPS) is 9.90. The van der Waals surface area contributed by atoms with E-state index in [2.05, 4.69) is 5.32 Å². The van der Waals surface area contributed by atoms with Crippen LogP contribution in [0.5, 0.6) is 0 Å². The Morgan fingerprint density at radius 2 is 1.71 bits per heavy atom. The van der Waals surface area contributed by atoms with E-state index in [0.717, 1.165) is 5.56 Å². The molecule has 0 aliphatic rings. The van der Waals surface area contributed by atoms with Crippen molar-refractivity contribution < 1.29 is 24.2 Å². The maximum absolute atomic E-state index is 11.4. The third-order valence-corrected chi connectivity index (χ3v) is 2.74. The number of rotatable bonds is 9. The van der Waals surface area contributed by atoms with Gasteiger partial charge in [-0.15, -0.1) is 0 Å². The number of amides is 1. The third-order valence-electron chi connectivity index (χ3n) is 2.74. The van der Waals surface area contributed by atoms with Gasteiger partial charge in [-0.05, 0) is 18.4 Å². The quantitative estimate of drug-likeness (QED) is 0.680. The Kier molecular flexibility index (Phi) is 7.56. The van der Waals surface area contributed by atoms with E-state index in [9.17, 15) is 14.4 Å². The number of carbonyl (C=O) groups is 3. The van der Waals surface area contributed by atoms with Gasteiger partial charge in [0, 0.05) is 12.8 Å². The minimum atomic E-state index is -0.870. The minimum absolute atomic E-state index is 0.0554. The highest BCUT2D eigenvalue weighted by molar-refractivity contribution is 5.83. The summed E-state index contributed by atoms with van der Waals surface area (Å²) in [5.74, 6) is -1.01. The number of ketones is 1. The van der Waals surface area contributed by atoms with E-state index in [1.54, 1.807) is 0 Å². The number of carbonyl (C=O) groups excluding carboxylic acids is 2. The summed E-state index contributed by atoms with van der Waals surface area (Å²) in [5.41, 5.74) is 0.868. The number of Topliss-reactive ketones (excluding diaryl/α,β-unsaturated/α-hetero) is 1. The van der Waals surface area contributed by atoms with Crippen molar-refractivity contribution >= 4 is 17.8 Å². The Morgan fingerprint density at radius 3 is 2.38 bits per heavy atom. The second kappa shape index (κ2) is 9.52. The SMILES string of the molecule is O=C(O)CCCCC(=O)CNC(=O)OCc1ccccc1. The molecule has 0 aromatic heterocycles. The number of unbranched alkanes of at least 4 members (excludes halogenated alkanes) is 1. The van der Waals surface area contributed by atoms with Crippen molar-refractivity contribution in [3.05, 3.63) is 35.9 Å². The lowest BCUT2D eigenvalue weighted by Gasteiger charge is -2.06. The molecule has 1 aromatic carbocycles.